The lowest BCUT2D eigenvalue weighted by Crippen LogP contribution is -2.42. The van der Waals surface area contributed by atoms with Crippen LogP contribution in [0.1, 0.15) is 35.1 Å². The van der Waals surface area contributed by atoms with Crippen molar-refractivity contribution >= 4 is 27.6 Å². The van der Waals surface area contributed by atoms with Crippen LogP contribution in [-0.4, -0.2) is 50.9 Å². The minimum absolute atomic E-state index is 0.220. The SMILES string of the molecule is COc1ccc(C)cc1NC(=O)COC(=O)C1CCCN1S(=O)(=O)c1c(C)cc(C)cc1C. The van der Waals surface area contributed by atoms with Gasteiger partial charge in [0.15, 0.2) is 6.61 Å². The number of esters is 1. The highest BCUT2D eigenvalue weighted by Crippen LogP contribution is 2.31. The number of hydrogen-bond donors (Lipinski definition) is 1. The molecule has 1 aliphatic rings. The van der Waals surface area contributed by atoms with Gasteiger partial charge in [-0.1, -0.05) is 23.8 Å². The van der Waals surface area contributed by atoms with Gasteiger partial charge in [-0.25, -0.2) is 8.42 Å². The minimum atomic E-state index is -3.90. The van der Waals surface area contributed by atoms with Gasteiger partial charge in [0.25, 0.3) is 5.91 Å². The van der Waals surface area contributed by atoms with Crippen molar-refractivity contribution in [2.24, 2.45) is 0 Å². The Morgan fingerprint density at radius 1 is 1.06 bits per heavy atom. The van der Waals surface area contributed by atoms with Crippen LogP contribution in [0, 0.1) is 27.7 Å². The summed E-state index contributed by atoms with van der Waals surface area (Å²) in [6.07, 6.45) is 0.880. The number of rotatable bonds is 7. The van der Waals surface area contributed by atoms with Gasteiger partial charge in [0, 0.05) is 6.54 Å². The second-order valence-corrected chi connectivity index (χ2v) is 10.2. The third-order valence-corrected chi connectivity index (χ3v) is 7.84. The maximum atomic E-state index is 13.4. The number of hydrogen-bond acceptors (Lipinski definition) is 6. The molecule has 33 heavy (non-hydrogen) atoms. The molecular formula is C24H30N2O6S. The first kappa shape index (κ1) is 24.7. The van der Waals surface area contributed by atoms with Crippen molar-refractivity contribution in [2.75, 3.05) is 25.6 Å². The monoisotopic (exact) mass is 474 g/mol. The van der Waals surface area contributed by atoms with Crippen LogP contribution < -0.4 is 10.1 Å². The van der Waals surface area contributed by atoms with E-state index in [0.29, 0.717) is 35.4 Å². The Morgan fingerprint density at radius 3 is 2.36 bits per heavy atom. The summed E-state index contributed by atoms with van der Waals surface area (Å²) < 4.78 is 38.5. The van der Waals surface area contributed by atoms with E-state index in [0.717, 1.165) is 11.1 Å². The van der Waals surface area contributed by atoms with Gasteiger partial charge in [0.1, 0.15) is 11.8 Å². The van der Waals surface area contributed by atoms with Crippen LogP contribution in [0.5, 0.6) is 5.75 Å². The highest BCUT2D eigenvalue weighted by atomic mass is 32.2. The number of carbonyl (C=O) groups excluding carboxylic acids is 2. The Morgan fingerprint density at radius 2 is 1.73 bits per heavy atom. The first-order chi connectivity index (χ1) is 15.5. The summed E-state index contributed by atoms with van der Waals surface area (Å²) >= 11 is 0. The smallest absolute Gasteiger partial charge is 0.324 e. The normalized spacial score (nSPS) is 16.5. The molecule has 0 spiro atoms. The van der Waals surface area contributed by atoms with Gasteiger partial charge in [-0.15, -0.1) is 0 Å². The van der Waals surface area contributed by atoms with E-state index in [1.54, 1.807) is 26.0 Å². The van der Waals surface area contributed by atoms with Gasteiger partial charge >= 0.3 is 5.97 Å². The molecular weight excluding hydrogens is 444 g/mol. The van der Waals surface area contributed by atoms with Crippen molar-refractivity contribution in [3.05, 3.63) is 52.6 Å². The van der Waals surface area contributed by atoms with Crippen LogP contribution >= 0.6 is 0 Å². The van der Waals surface area contributed by atoms with E-state index in [2.05, 4.69) is 5.32 Å². The number of ether oxygens (including phenoxy) is 2. The van der Waals surface area contributed by atoms with E-state index in [9.17, 15) is 18.0 Å². The molecule has 1 N–H and O–H groups in total. The molecule has 1 amide bonds. The average Bonchev–Trinajstić information content (AvgIpc) is 3.22. The molecule has 0 bridgehead atoms. The number of methoxy groups -OCH3 is 1. The molecule has 1 aliphatic heterocycles. The Labute approximate surface area is 194 Å². The Kier molecular flexibility index (Phi) is 7.44. The van der Waals surface area contributed by atoms with Crippen LogP contribution in [0.25, 0.3) is 0 Å². The van der Waals surface area contributed by atoms with Gasteiger partial charge in [0.2, 0.25) is 10.0 Å². The predicted molar refractivity (Wildman–Crippen MR) is 125 cm³/mol. The molecule has 1 unspecified atom stereocenters. The fourth-order valence-corrected chi connectivity index (χ4v) is 6.36. The molecule has 1 fully saturated rings. The summed E-state index contributed by atoms with van der Waals surface area (Å²) in [6.45, 7) is 6.98. The lowest BCUT2D eigenvalue weighted by Gasteiger charge is -2.24. The third kappa shape index (κ3) is 5.36. The summed E-state index contributed by atoms with van der Waals surface area (Å²) in [6, 6.07) is 7.99. The largest absolute Gasteiger partial charge is 0.495 e. The molecule has 0 saturated carbocycles. The van der Waals surface area contributed by atoms with E-state index >= 15 is 0 Å². The number of nitrogens with zero attached hydrogens (tertiary/aromatic N) is 1. The predicted octanol–water partition coefficient (Wildman–Crippen LogP) is 3.26. The van der Waals surface area contributed by atoms with E-state index in [-0.39, 0.29) is 11.4 Å². The molecule has 2 aromatic carbocycles. The molecule has 1 atom stereocenters. The summed E-state index contributed by atoms with van der Waals surface area (Å²) in [7, 11) is -2.40. The molecule has 178 valence electrons. The zero-order valence-corrected chi connectivity index (χ0v) is 20.4. The Balaban J connectivity index is 1.70. The van der Waals surface area contributed by atoms with Crippen molar-refractivity contribution in [1.29, 1.82) is 0 Å². The first-order valence-corrected chi connectivity index (χ1v) is 12.2. The molecule has 8 nitrogen and oxygen atoms in total. The van der Waals surface area contributed by atoms with Crippen LogP contribution in [0.4, 0.5) is 5.69 Å². The third-order valence-electron chi connectivity index (χ3n) is 5.62. The van der Waals surface area contributed by atoms with Crippen molar-refractivity contribution in [3.8, 4) is 5.75 Å². The molecule has 0 aromatic heterocycles. The number of benzene rings is 2. The van der Waals surface area contributed by atoms with Crippen LogP contribution in [-0.2, 0) is 24.3 Å². The number of amides is 1. The van der Waals surface area contributed by atoms with Crippen molar-refractivity contribution in [3.63, 3.8) is 0 Å². The van der Waals surface area contributed by atoms with Crippen molar-refractivity contribution in [2.45, 2.75) is 51.5 Å². The van der Waals surface area contributed by atoms with E-state index < -0.39 is 34.5 Å². The molecule has 1 heterocycles. The lowest BCUT2D eigenvalue weighted by atomic mass is 10.1. The fraction of sp³-hybridized carbons (Fsp3) is 0.417. The van der Waals surface area contributed by atoms with Gasteiger partial charge < -0.3 is 14.8 Å². The summed E-state index contributed by atoms with van der Waals surface area (Å²) in [5.41, 5.74) is 3.64. The van der Waals surface area contributed by atoms with Crippen LogP contribution in [0.2, 0.25) is 0 Å². The number of carbonyl (C=O) groups is 2. The molecule has 9 heteroatoms. The average molecular weight is 475 g/mol. The second-order valence-electron chi connectivity index (χ2n) is 8.36. The zero-order valence-electron chi connectivity index (χ0n) is 19.6. The molecule has 2 aromatic rings. The van der Waals surface area contributed by atoms with Crippen molar-refractivity contribution < 1.29 is 27.5 Å². The molecule has 0 aliphatic carbocycles. The number of aryl methyl sites for hydroxylation is 4. The van der Waals surface area contributed by atoms with Crippen LogP contribution in [0.3, 0.4) is 0 Å². The fourth-order valence-electron chi connectivity index (χ4n) is 4.29. The van der Waals surface area contributed by atoms with E-state index in [1.807, 2.05) is 32.0 Å². The Hall–Kier alpha value is -2.91. The van der Waals surface area contributed by atoms with Crippen molar-refractivity contribution in [1.82, 2.24) is 4.31 Å². The van der Waals surface area contributed by atoms with E-state index in [1.165, 1.54) is 11.4 Å². The summed E-state index contributed by atoms with van der Waals surface area (Å²) in [5.74, 6) is -0.785. The maximum absolute atomic E-state index is 13.4. The number of anilines is 1. The quantitative estimate of drug-likeness (QED) is 0.618. The summed E-state index contributed by atoms with van der Waals surface area (Å²) in [5, 5.41) is 2.66. The topological polar surface area (TPSA) is 102 Å². The van der Waals surface area contributed by atoms with Gasteiger partial charge in [-0.3, -0.25) is 9.59 Å². The highest BCUT2D eigenvalue weighted by molar-refractivity contribution is 7.89. The number of sulfonamides is 1. The molecule has 3 rings (SSSR count). The molecule has 1 saturated heterocycles. The lowest BCUT2D eigenvalue weighted by molar-refractivity contribution is -0.150. The zero-order chi connectivity index (χ0) is 24.3. The standard InChI is InChI=1S/C24H30N2O6S/c1-15-8-9-21(31-5)19(13-15)25-22(27)14-32-24(28)20-7-6-10-26(20)33(29,30)23-17(3)11-16(2)12-18(23)4/h8-9,11-13,20H,6-7,10,14H2,1-5H3,(H,25,27). The van der Waals surface area contributed by atoms with E-state index in [4.69, 9.17) is 9.47 Å². The van der Waals surface area contributed by atoms with Crippen LogP contribution in [0.15, 0.2) is 35.2 Å². The minimum Gasteiger partial charge on any atom is -0.495 e. The maximum Gasteiger partial charge on any atom is 0.324 e. The van der Waals surface area contributed by atoms with Gasteiger partial charge in [0.05, 0.1) is 17.7 Å². The highest BCUT2D eigenvalue weighted by Gasteiger charge is 2.41. The Bertz CT molecular complexity index is 1150. The molecule has 0 radical (unpaired) electrons. The van der Waals surface area contributed by atoms with Gasteiger partial charge in [-0.2, -0.15) is 4.31 Å². The second kappa shape index (κ2) is 9.93. The van der Waals surface area contributed by atoms with Gasteiger partial charge in [-0.05, 0) is 69.4 Å². The first-order valence-electron chi connectivity index (χ1n) is 10.8. The summed E-state index contributed by atoms with van der Waals surface area (Å²) in [4.78, 5) is 25.3. The number of nitrogens with one attached hydrogen (secondary N) is 1.